The predicted octanol–water partition coefficient (Wildman–Crippen LogP) is 1.30. The SMILES string of the molecule is Nc1cc(C(=O)NCc2ccncc2)ccc1O. The Morgan fingerprint density at radius 2 is 2.00 bits per heavy atom. The van der Waals surface area contributed by atoms with Gasteiger partial charge in [-0.1, -0.05) is 0 Å². The first-order valence-electron chi connectivity index (χ1n) is 5.42. The van der Waals surface area contributed by atoms with Gasteiger partial charge < -0.3 is 16.2 Å². The molecule has 5 heteroatoms. The zero-order valence-electron chi connectivity index (χ0n) is 9.63. The molecule has 92 valence electrons. The third-order valence-corrected chi connectivity index (χ3v) is 2.49. The van der Waals surface area contributed by atoms with E-state index >= 15 is 0 Å². The van der Waals surface area contributed by atoms with E-state index in [9.17, 15) is 9.90 Å². The van der Waals surface area contributed by atoms with Crippen molar-refractivity contribution in [2.45, 2.75) is 6.54 Å². The first-order valence-corrected chi connectivity index (χ1v) is 5.42. The Morgan fingerprint density at radius 1 is 1.28 bits per heavy atom. The number of amides is 1. The molecule has 0 atom stereocenters. The quantitative estimate of drug-likeness (QED) is 0.560. The van der Waals surface area contributed by atoms with Crippen LogP contribution in [0.5, 0.6) is 5.75 Å². The molecule has 2 rings (SSSR count). The van der Waals surface area contributed by atoms with Crippen molar-refractivity contribution in [3.63, 3.8) is 0 Å². The van der Waals surface area contributed by atoms with Crippen LogP contribution in [-0.4, -0.2) is 16.0 Å². The number of nitrogen functional groups attached to an aromatic ring is 1. The third-order valence-electron chi connectivity index (χ3n) is 2.49. The number of carbonyl (C=O) groups is 1. The van der Waals surface area contributed by atoms with Crippen LogP contribution in [0.25, 0.3) is 0 Å². The monoisotopic (exact) mass is 243 g/mol. The van der Waals surface area contributed by atoms with Crippen molar-refractivity contribution in [3.8, 4) is 5.75 Å². The van der Waals surface area contributed by atoms with Gasteiger partial charge in [0.15, 0.2) is 0 Å². The average Bonchev–Trinajstić information content (AvgIpc) is 2.40. The van der Waals surface area contributed by atoms with E-state index in [1.165, 1.54) is 18.2 Å². The molecule has 18 heavy (non-hydrogen) atoms. The molecule has 1 amide bonds. The van der Waals surface area contributed by atoms with Crippen LogP contribution in [0.15, 0.2) is 42.7 Å². The summed E-state index contributed by atoms with van der Waals surface area (Å²) in [6.45, 7) is 0.419. The number of nitrogens with zero attached hydrogens (tertiary/aromatic N) is 1. The summed E-state index contributed by atoms with van der Waals surface area (Å²) in [5.74, 6) is -0.265. The molecule has 1 aromatic carbocycles. The summed E-state index contributed by atoms with van der Waals surface area (Å²) >= 11 is 0. The molecule has 0 aliphatic carbocycles. The lowest BCUT2D eigenvalue weighted by molar-refractivity contribution is 0.0951. The largest absolute Gasteiger partial charge is 0.506 e. The second-order valence-electron chi connectivity index (χ2n) is 3.81. The van der Waals surface area contributed by atoms with Crippen molar-refractivity contribution in [2.24, 2.45) is 0 Å². The molecule has 0 spiro atoms. The molecule has 0 radical (unpaired) electrons. The second kappa shape index (κ2) is 5.18. The zero-order valence-corrected chi connectivity index (χ0v) is 9.63. The number of rotatable bonds is 3. The van der Waals surface area contributed by atoms with Crippen LogP contribution < -0.4 is 11.1 Å². The molecule has 0 aliphatic rings. The number of aromatic hydroxyl groups is 1. The van der Waals surface area contributed by atoms with E-state index < -0.39 is 0 Å². The molecule has 5 nitrogen and oxygen atoms in total. The van der Waals surface area contributed by atoms with Crippen molar-refractivity contribution in [1.82, 2.24) is 10.3 Å². The van der Waals surface area contributed by atoms with Crippen LogP contribution in [0.3, 0.4) is 0 Å². The highest BCUT2D eigenvalue weighted by Gasteiger charge is 2.07. The molecule has 4 N–H and O–H groups in total. The molecule has 0 fully saturated rings. The van der Waals surface area contributed by atoms with Gasteiger partial charge in [-0.05, 0) is 35.9 Å². The average molecular weight is 243 g/mol. The van der Waals surface area contributed by atoms with E-state index in [4.69, 9.17) is 5.73 Å². The summed E-state index contributed by atoms with van der Waals surface area (Å²) in [7, 11) is 0. The van der Waals surface area contributed by atoms with Crippen LogP contribution in [0, 0.1) is 0 Å². The highest BCUT2D eigenvalue weighted by molar-refractivity contribution is 5.95. The summed E-state index contributed by atoms with van der Waals surface area (Å²) in [6, 6.07) is 8.01. The van der Waals surface area contributed by atoms with E-state index in [0.717, 1.165) is 5.56 Å². The molecular formula is C13H13N3O2. The van der Waals surface area contributed by atoms with Gasteiger partial charge in [0, 0.05) is 24.5 Å². The number of anilines is 1. The van der Waals surface area contributed by atoms with Gasteiger partial charge in [-0.15, -0.1) is 0 Å². The van der Waals surface area contributed by atoms with Crippen LogP contribution in [-0.2, 0) is 6.54 Å². The van der Waals surface area contributed by atoms with Crippen molar-refractivity contribution >= 4 is 11.6 Å². The van der Waals surface area contributed by atoms with Gasteiger partial charge in [-0.25, -0.2) is 0 Å². The van der Waals surface area contributed by atoms with Gasteiger partial charge in [-0.2, -0.15) is 0 Å². The van der Waals surface area contributed by atoms with E-state index in [0.29, 0.717) is 12.1 Å². The highest BCUT2D eigenvalue weighted by atomic mass is 16.3. The Labute approximate surface area is 104 Å². The lowest BCUT2D eigenvalue weighted by Crippen LogP contribution is -2.22. The molecule has 0 unspecified atom stereocenters. The lowest BCUT2D eigenvalue weighted by Gasteiger charge is -2.06. The maximum Gasteiger partial charge on any atom is 0.251 e. The highest BCUT2D eigenvalue weighted by Crippen LogP contribution is 2.20. The van der Waals surface area contributed by atoms with Gasteiger partial charge >= 0.3 is 0 Å². The zero-order chi connectivity index (χ0) is 13.0. The number of benzene rings is 1. The summed E-state index contributed by atoms with van der Waals surface area (Å²) in [4.78, 5) is 15.7. The fraction of sp³-hybridized carbons (Fsp3) is 0.0769. The number of carbonyl (C=O) groups excluding carboxylic acids is 1. The maximum absolute atomic E-state index is 11.8. The minimum absolute atomic E-state index is 0.0271. The van der Waals surface area contributed by atoms with Crippen LogP contribution in [0.4, 0.5) is 5.69 Å². The molecule has 1 aromatic heterocycles. The molecule has 2 aromatic rings. The Kier molecular flexibility index (Phi) is 3.43. The maximum atomic E-state index is 11.8. The summed E-state index contributed by atoms with van der Waals surface area (Å²) < 4.78 is 0. The number of nitrogens with one attached hydrogen (secondary N) is 1. The molecule has 0 saturated carbocycles. The number of pyridine rings is 1. The third kappa shape index (κ3) is 2.76. The Bertz CT molecular complexity index is 555. The first kappa shape index (κ1) is 11.9. The number of hydrogen-bond donors (Lipinski definition) is 3. The summed E-state index contributed by atoms with van der Waals surface area (Å²) in [5, 5.41) is 12.0. The Morgan fingerprint density at radius 3 is 2.67 bits per heavy atom. The predicted molar refractivity (Wildman–Crippen MR) is 67.9 cm³/mol. The summed E-state index contributed by atoms with van der Waals surface area (Å²) in [5.41, 5.74) is 7.09. The van der Waals surface area contributed by atoms with Crippen LogP contribution >= 0.6 is 0 Å². The standard InChI is InChI=1S/C13H13N3O2/c14-11-7-10(1-2-12(11)17)13(18)16-8-9-3-5-15-6-4-9/h1-7,17H,8,14H2,(H,16,18). The van der Waals surface area contributed by atoms with E-state index in [1.807, 2.05) is 12.1 Å². The van der Waals surface area contributed by atoms with Crippen molar-refractivity contribution in [1.29, 1.82) is 0 Å². The molecule has 1 heterocycles. The molecule has 0 aliphatic heterocycles. The smallest absolute Gasteiger partial charge is 0.251 e. The fourth-order valence-corrected chi connectivity index (χ4v) is 1.48. The topological polar surface area (TPSA) is 88.2 Å². The van der Waals surface area contributed by atoms with Crippen molar-refractivity contribution in [2.75, 3.05) is 5.73 Å². The van der Waals surface area contributed by atoms with Crippen LogP contribution in [0.2, 0.25) is 0 Å². The normalized spacial score (nSPS) is 10.0. The number of hydrogen-bond acceptors (Lipinski definition) is 4. The van der Waals surface area contributed by atoms with E-state index in [1.54, 1.807) is 12.4 Å². The van der Waals surface area contributed by atoms with E-state index in [-0.39, 0.29) is 17.3 Å². The fourth-order valence-electron chi connectivity index (χ4n) is 1.48. The summed E-state index contributed by atoms with van der Waals surface area (Å²) in [6.07, 6.45) is 3.33. The van der Waals surface area contributed by atoms with E-state index in [2.05, 4.69) is 10.3 Å². The molecular weight excluding hydrogens is 230 g/mol. The number of phenolic OH excluding ortho intramolecular Hbond substituents is 1. The molecule has 0 bridgehead atoms. The van der Waals surface area contributed by atoms with Gasteiger partial charge in [0.1, 0.15) is 5.75 Å². The van der Waals surface area contributed by atoms with Crippen molar-refractivity contribution < 1.29 is 9.90 Å². The number of nitrogens with two attached hydrogens (primary N) is 1. The van der Waals surface area contributed by atoms with Crippen molar-refractivity contribution in [3.05, 3.63) is 53.9 Å². The molecule has 0 saturated heterocycles. The Hall–Kier alpha value is -2.56. The van der Waals surface area contributed by atoms with Gasteiger partial charge in [0.2, 0.25) is 0 Å². The number of aromatic nitrogens is 1. The number of phenols is 1. The first-order chi connectivity index (χ1) is 8.66. The minimum Gasteiger partial charge on any atom is -0.506 e. The van der Waals surface area contributed by atoms with Crippen LogP contribution in [0.1, 0.15) is 15.9 Å². The minimum atomic E-state index is -0.237. The Balaban J connectivity index is 2.02. The lowest BCUT2D eigenvalue weighted by atomic mass is 10.1. The van der Waals surface area contributed by atoms with Gasteiger partial charge in [0.25, 0.3) is 5.91 Å². The second-order valence-corrected chi connectivity index (χ2v) is 3.81. The van der Waals surface area contributed by atoms with Gasteiger partial charge in [0.05, 0.1) is 5.69 Å². The van der Waals surface area contributed by atoms with Gasteiger partial charge in [-0.3, -0.25) is 9.78 Å².